The molecule has 0 bridgehead atoms. The van der Waals surface area contributed by atoms with Crippen LogP contribution in [-0.2, 0) is 14.8 Å². The summed E-state index contributed by atoms with van der Waals surface area (Å²) in [6, 6.07) is 5.86. The molecule has 1 N–H and O–H groups in total. The van der Waals surface area contributed by atoms with E-state index in [0.717, 1.165) is 21.7 Å². The van der Waals surface area contributed by atoms with E-state index in [0.29, 0.717) is 17.2 Å². The molecule has 5 nitrogen and oxygen atoms in total. The van der Waals surface area contributed by atoms with Crippen molar-refractivity contribution in [2.75, 3.05) is 11.9 Å². The molecule has 1 saturated heterocycles. The van der Waals surface area contributed by atoms with Gasteiger partial charge in [-0.2, -0.15) is 4.31 Å². The average molecular weight is 423 g/mol. The summed E-state index contributed by atoms with van der Waals surface area (Å²) in [6.45, 7) is 0.221. The fourth-order valence-corrected chi connectivity index (χ4v) is 6.08. The number of halogens is 3. The highest BCUT2D eigenvalue weighted by Gasteiger charge is 2.40. The van der Waals surface area contributed by atoms with Gasteiger partial charge < -0.3 is 5.32 Å². The number of carbonyl (C=O) groups is 1. The number of hydrogen-bond acceptors (Lipinski definition) is 4. The zero-order chi connectivity index (χ0) is 18.2. The summed E-state index contributed by atoms with van der Waals surface area (Å²) in [7, 11) is -3.83. The number of amides is 1. The fourth-order valence-electron chi connectivity index (χ4n) is 2.65. The molecule has 1 aliphatic heterocycles. The number of sulfonamides is 1. The molecule has 3 rings (SSSR count). The normalized spacial score (nSPS) is 18.4. The molecule has 2 aromatic rings. The number of hydrogen-bond donors (Lipinski definition) is 1. The summed E-state index contributed by atoms with van der Waals surface area (Å²) < 4.78 is 40.9. The molecule has 1 aromatic heterocycles. The van der Waals surface area contributed by atoms with Crippen LogP contribution in [0.3, 0.4) is 0 Å². The van der Waals surface area contributed by atoms with Gasteiger partial charge in [0.2, 0.25) is 5.91 Å². The van der Waals surface area contributed by atoms with Gasteiger partial charge in [0.15, 0.2) is 0 Å². The van der Waals surface area contributed by atoms with Gasteiger partial charge in [-0.3, -0.25) is 4.79 Å². The number of thiophene rings is 1. The van der Waals surface area contributed by atoms with E-state index in [2.05, 4.69) is 5.32 Å². The van der Waals surface area contributed by atoms with Crippen LogP contribution in [0, 0.1) is 5.82 Å². The van der Waals surface area contributed by atoms with Crippen molar-refractivity contribution in [2.24, 2.45) is 0 Å². The lowest BCUT2D eigenvalue weighted by Gasteiger charge is -2.22. The van der Waals surface area contributed by atoms with Crippen molar-refractivity contribution in [3.05, 3.63) is 45.5 Å². The maximum absolute atomic E-state index is 13.9. The van der Waals surface area contributed by atoms with Crippen molar-refractivity contribution < 1.29 is 17.6 Å². The third kappa shape index (κ3) is 3.83. The second-order valence-electron chi connectivity index (χ2n) is 5.45. The predicted molar refractivity (Wildman–Crippen MR) is 96.3 cm³/mol. The minimum atomic E-state index is -3.83. The Balaban J connectivity index is 1.82. The lowest BCUT2D eigenvalue weighted by molar-refractivity contribution is -0.119. The highest BCUT2D eigenvalue weighted by atomic mass is 35.5. The maximum atomic E-state index is 13.9. The molecule has 1 fully saturated rings. The van der Waals surface area contributed by atoms with Crippen LogP contribution in [0.2, 0.25) is 9.36 Å². The van der Waals surface area contributed by atoms with E-state index >= 15 is 0 Å². The second-order valence-corrected chi connectivity index (χ2v) is 9.71. The number of carbonyl (C=O) groups excluding carboxylic acids is 1. The van der Waals surface area contributed by atoms with E-state index < -0.39 is 27.8 Å². The third-order valence-electron chi connectivity index (χ3n) is 3.81. The van der Waals surface area contributed by atoms with Crippen molar-refractivity contribution in [1.29, 1.82) is 0 Å². The van der Waals surface area contributed by atoms with Crippen LogP contribution in [0.4, 0.5) is 10.1 Å². The second kappa shape index (κ2) is 7.20. The van der Waals surface area contributed by atoms with Crippen LogP contribution in [-0.4, -0.2) is 31.2 Å². The van der Waals surface area contributed by atoms with Crippen LogP contribution in [0.1, 0.15) is 12.8 Å². The van der Waals surface area contributed by atoms with E-state index in [1.54, 1.807) is 0 Å². The molecule has 10 heteroatoms. The van der Waals surface area contributed by atoms with Crippen LogP contribution < -0.4 is 5.32 Å². The molecule has 134 valence electrons. The quantitative estimate of drug-likeness (QED) is 0.809. The van der Waals surface area contributed by atoms with Gasteiger partial charge in [-0.15, -0.1) is 11.3 Å². The van der Waals surface area contributed by atoms with Gasteiger partial charge in [0.25, 0.3) is 10.0 Å². The highest BCUT2D eigenvalue weighted by molar-refractivity contribution is 7.91. The number of nitrogens with zero attached hydrogens (tertiary/aromatic N) is 1. The smallest absolute Gasteiger partial charge is 0.253 e. The SMILES string of the molecule is O=C(Nc1ccc(Cl)cc1F)[C@H]1CCCN1S(=O)(=O)c1ccc(Cl)s1. The van der Waals surface area contributed by atoms with Crippen LogP contribution in [0.5, 0.6) is 0 Å². The van der Waals surface area contributed by atoms with Crippen molar-refractivity contribution >= 4 is 56.2 Å². The molecule has 25 heavy (non-hydrogen) atoms. The number of benzene rings is 1. The number of anilines is 1. The zero-order valence-electron chi connectivity index (χ0n) is 12.7. The maximum Gasteiger partial charge on any atom is 0.253 e. The van der Waals surface area contributed by atoms with Gasteiger partial charge in [-0.25, -0.2) is 12.8 Å². The predicted octanol–water partition coefficient (Wildman–Crippen LogP) is 3.99. The molecule has 0 unspecified atom stereocenters. The molecule has 1 aromatic carbocycles. The molecule has 1 amide bonds. The van der Waals surface area contributed by atoms with Gasteiger partial charge in [-0.05, 0) is 43.2 Å². The van der Waals surface area contributed by atoms with Gasteiger partial charge in [-0.1, -0.05) is 23.2 Å². The first-order chi connectivity index (χ1) is 11.8. The summed E-state index contributed by atoms with van der Waals surface area (Å²) >= 11 is 12.4. The Morgan fingerprint density at radius 1 is 1.28 bits per heavy atom. The molecular formula is C15H13Cl2FN2O3S2. The van der Waals surface area contributed by atoms with Crippen molar-refractivity contribution in [1.82, 2.24) is 4.31 Å². The van der Waals surface area contributed by atoms with E-state index in [9.17, 15) is 17.6 Å². The van der Waals surface area contributed by atoms with Crippen LogP contribution >= 0.6 is 34.5 Å². The minimum absolute atomic E-state index is 0.0437. The lowest BCUT2D eigenvalue weighted by Crippen LogP contribution is -2.43. The van der Waals surface area contributed by atoms with Gasteiger partial charge in [0, 0.05) is 11.6 Å². The first kappa shape index (κ1) is 18.6. The molecule has 0 radical (unpaired) electrons. The van der Waals surface area contributed by atoms with E-state index in [-0.39, 0.29) is 21.5 Å². The Morgan fingerprint density at radius 3 is 2.68 bits per heavy atom. The first-order valence-electron chi connectivity index (χ1n) is 7.32. The van der Waals surface area contributed by atoms with Crippen LogP contribution in [0.25, 0.3) is 0 Å². The lowest BCUT2D eigenvalue weighted by atomic mass is 10.2. The standard InChI is InChI=1S/C15H13Cl2FN2O3S2/c16-9-3-4-11(10(18)8-9)19-15(21)12-2-1-7-20(12)25(22,23)14-6-5-13(17)24-14/h3-6,8,12H,1-2,7H2,(H,19,21)/t12-/m1/s1. The van der Waals surface area contributed by atoms with Gasteiger partial charge in [0.1, 0.15) is 16.1 Å². The van der Waals surface area contributed by atoms with Crippen molar-refractivity contribution in [2.45, 2.75) is 23.1 Å². The highest BCUT2D eigenvalue weighted by Crippen LogP contribution is 2.32. The Hall–Kier alpha value is -1.19. The summed E-state index contributed by atoms with van der Waals surface area (Å²) in [4.78, 5) is 12.5. The first-order valence-corrected chi connectivity index (χ1v) is 10.3. The monoisotopic (exact) mass is 422 g/mol. The molecule has 1 atom stereocenters. The Labute approximate surface area is 158 Å². The topological polar surface area (TPSA) is 66.5 Å². The Morgan fingerprint density at radius 2 is 2.04 bits per heavy atom. The van der Waals surface area contributed by atoms with E-state index in [1.807, 2.05) is 0 Å². The van der Waals surface area contributed by atoms with Crippen molar-refractivity contribution in [3.63, 3.8) is 0 Å². The van der Waals surface area contributed by atoms with Crippen molar-refractivity contribution in [3.8, 4) is 0 Å². The molecule has 1 aliphatic rings. The summed E-state index contributed by atoms with van der Waals surface area (Å²) in [5.41, 5.74) is -0.0437. The zero-order valence-corrected chi connectivity index (χ0v) is 15.9. The minimum Gasteiger partial charge on any atom is -0.322 e. The number of nitrogens with one attached hydrogen (secondary N) is 1. The largest absolute Gasteiger partial charge is 0.322 e. The average Bonchev–Trinajstić information content (AvgIpc) is 3.19. The Kier molecular flexibility index (Phi) is 5.36. The molecular weight excluding hydrogens is 410 g/mol. The van der Waals surface area contributed by atoms with E-state index in [1.165, 1.54) is 24.3 Å². The van der Waals surface area contributed by atoms with Crippen LogP contribution in [0.15, 0.2) is 34.5 Å². The number of rotatable bonds is 4. The molecule has 0 saturated carbocycles. The summed E-state index contributed by atoms with van der Waals surface area (Å²) in [6.07, 6.45) is 0.902. The van der Waals surface area contributed by atoms with Gasteiger partial charge >= 0.3 is 0 Å². The molecule has 2 heterocycles. The summed E-state index contributed by atoms with van der Waals surface area (Å²) in [5.74, 6) is -1.26. The Bertz CT molecular complexity index is 917. The van der Waals surface area contributed by atoms with E-state index in [4.69, 9.17) is 23.2 Å². The fraction of sp³-hybridized carbons (Fsp3) is 0.267. The summed E-state index contributed by atoms with van der Waals surface area (Å²) in [5, 5.41) is 2.64. The van der Waals surface area contributed by atoms with Gasteiger partial charge in [0.05, 0.1) is 10.0 Å². The third-order valence-corrected chi connectivity index (χ3v) is 7.65. The molecule has 0 spiro atoms. The molecule has 0 aliphatic carbocycles.